The molecule has 1 aromatic rings. The molecule has 0 fully saturated rings. The van der Waals surface area contributed by atoms with Gasteiger partial charge in [-0.05, 0) is 11.6 Å². The van der Waals surface area contributed by atoms with Crippen LogP contribution in [-0.2, 0) is 0 Å². The first-order valence-electron chi connectivity index (χ1n) is 3.08. The predicted molar refractivity (Wildman–Crippen MR) is 45.6 cm³/mol. The third kappa shape index (κ3) is 1.75. The Kier molecular flexibility index (Phi) is 2.69. The molecule has 12 heavy (non-hydrogen) atoms. The summed E-state index contributed by atoms with van der Waals surface area (Å²) in [4.78, 5) is 12.8. The second-order valence-corrected chi connectivity index (χ2v) is 2.43. The molecule has 1 rings (SSSR count). The minimum Gasteiger partial charge on any atom is -0.298 e. The molecule has 0 unspecified atom stereocenters. The maximum Gasteiger partial charge on any atom is 0.150 e. The number of nitrogens with zero attached hydrogens (tertiary/aromatic N) is 3. The molecule has 0 radical (unpaired) electrons. The Labute approximate surface area is 73.4 Å². The monoisotopic (exact) mass is 181 g/mol. The highest BCUT2D eigenvalue weighted by molar-refractivity contribution is 6.33. The largest absolute Gasteiger partial charge is 0.298 e. The van der Waals surface area contributed by atoms with Gasteiger partial charge in [-0.1, -0.05) is 28.8 Å². The van der Waals surface area contributed by atoms with Crippen molar-refractivity contribution < 1.29 is 4.79 Å². The second-order valence-electron chi connectivity index (χ2n) is 2.02. The molecule has 0 saturated heterocycles. The number of halogens is 1. The molecule has 1 aromatic carbocycles. The Balaban J connectivity index is 3.19. The number of carbonyl (C=O) groups is 1. The molecule has 0 heterocycles. The lowest BCUT2D eigenvalue weighted by Crippen LogP contribution is -1.77. The molecule has 0 aliphatic rings. The SMILES string of the molecule is [N-]=[N+]=Nc1ccc(C=O)cc1Cl. The Morgan fingerprint density at radius 3 is 2.83 bits per heavy atom. The molecule has 5 heteroatoms. The zero-order valence-electron chi connectivity index (χ0n) is 5.94. The van der Waals surface area contributed by atoms with Gasteiger partial charge in [0.05, 0.1) is 10.7 Å². The van der Waals surface area contributed by atoms with Gasteiger partial charge in [0.25, 0.3) is 0 Å². The van der Waals surface area contributed by atoms with Crippen LogP contribution in [0.1, 0.15) is 10.4 Å². The van der Waals surface area contributed by atoms with E-state index in [1.54, 1.807) is 0 Å². The van der Waals surface area contributed by atoms with Crippen molar-refractivity contribution in [2.45, 2.75) is 0 Å². The zero-order chi connectivity index (χ0) is 8.97. The van der Waals surface area contributed by atoms with Gasteiger partial charge in [0.2, 0.25) is 0 Å². The lowest BCUT2D eigenvalue weighted by Gasteiger charge is -1.95. The van der Waals surface area contributed by atoms with Crippen molar-refractivity contribution >= 4 is 23.6 Å². The van der Waals surface area contributed by atoms with Crippen LogP contribution in [0.2, 0.25) is 5.02 Å². The van der Waals surface area contributed by atoms with Crippen LogP contribution in [0.15, 0.2) is 23.3 Å². The third-order valence-electron chi connectivity index (χ3n) is 1.26. The molecular weight excluding hydrogens is 178 g/mol. The molecule has 0 aliphatic heterocycles. The molecule has 0 spiro atoms. The summed E-state index contributed by atoms with van der Waals surface area (Å²) in [5, 5.41) is 3.59. The zero-order valence-corrected chi connectivity index (χ0v) is 6.69. The van der Waals surface area contributed by atoms with Crippen LogP contribution >= 0.6 is 11.6 Å². The van der Waals surface area contributed by atoms with E-state index in [2.05, 4.69) is 10.0 Å². The van der Waals surface area contributed by atoms with E-state index in [0.717, 1.165) is 0 Å². The summed E-state index contributed by atoms with van der Waals surface area (Å²) in [6.45, 7) is 0. The lowest BCUT2D eigenvalue weighted by atomic mass is 10.2. The summed E-state index contributed by atoms with van der Waals surface area (Å²) in [5.74, 6) is 0. The smallest absolute Gasteiger partial charge is 0.150 e. The van der Waals surface area contributed by atoms with Gasteiger partial charge in [0, 0.05) is 10.5 Å². The van der Waals surface area contributed by atoms with Crippen LogP contribution in [-0.4, -0.2) is 6.29 Å². The number of aldehydes is 1. The molecule has 0 atom stereocenters. The van der Waals surface area contributed by atoms with E-state index < -0.39 is 0 Å². The number of rotatable bonds is 2. The van der Waals surface area contributed by atoms with Gasteiger partial charge >= 0.3 is 0 Å². The average molecular weight is 182 g/mol. The van der Waals surface area contributed by atoms with Crippen molar-refractivity contribution in [2.24, 2.45) is 5.11 Å². The van der Waals surface area contributed by atoms with Crippen molar-refractivity contribution in [3.05, 3.63) is 39.2 Å². The Bertz CT molecular complexity index is 358. The van der Waals surface area contributed by atoms with Gasteiger partial charge in [-0.15, -0.1) is 0 Å². The van der Waals surface area contributed by atoms with E-state index >= 15 is 0 Å². The number of benzene rings is 1. The lowest BCUT2D eigenvalue weighted by molar-refractivity contribution is 0.112. The maximum atomic E-state index is 10.3. The highest BCUT2D eigenvalue weighted by atomic mass is 35.5. The summed E-state index contributed by atoms with van der Waals surface area (Å²) in [6, 6.07) is 4.47. The molecular formula is C7H4ClN3O. The number of hydrogen-bond acceptors (Lipinski definition) is 2. The molecule has 60 valence electrons. The van der Waals surface area contributed by atoms with E-state index in [-0.39, 0.29) is 5.02 Å². The third-order valence-corrected chi connectivity index (χ3v) is 1.56. The minimum atomic E-state index is 0.275. The van der Waals surface area contributed by atoms with Crippen LogP contribution in [0.3, 0.4) is 0 Å². The van der Waals surface area contributed by atoms with Crippen molar-refractivity contribution in [1.82, 2.24) is 0 Å². The van der Waals surface area contributed by atoms with E-state index in [0.29, 0.717) is 17.5 Å². The van der Waals surface area contributed by atoms with Gasteiger partial charge in [0.15, 0.2) is 0 Å². The van der Waals surface area contributed by atoms with E-state index in [1.165, 1.54) is 18.2 Å². The molecule has 0 aliphatic carbocycles. The fourth-order valence-corrected chi connectivity index (χ4v) is 0.953. The Hall–Kier alpha value is -1.51. The molecule has 0 bridgehead atoms. The van der Waals surface area contributed by atoms with Crippen LogP contribution in [0, 0.1) is 0 Å². The quantitative estimate of drug-likeness (QED) is 0.299. The molecule has 0 saturated carbocycles. The van der Waals surface area contributed by atoms with E-state index in [4.69, 9.17) is 17.1 Å². The van der Waals surface area contributed by atoms with Crippen LogP contribution in [0.4, 0.5) is 5.69 Å². The van der Waals surface area contributed by atoms with Crippen molar-refractivity contribution in [3.8, 4) is 0 Å². The summed E-state index contributed by atoms with van der Waals surface area (Å²) in [7, 11) is 0. The highest BCUT2D eigenvalue weighted by Crippen LogP contribution is 2.25. The first-order valence-corrected chi connectivity index (χ1v) is 3.45. The molecule has 0 N–H and O–H groups in total. The van der Waals surface area contributed by atoms with Gasteiger partial charge in [0.1, 0.15) is 6.29 Å². The van der Waals surface area contributed by atoms with Gasteiger partial charge in [-0.25, -0.2) is 0 Å². The molecule has 0 aromatic heterocycles. The predicted octanol–water partition coefficient (Wildman–Crippen LogP) is 3.09. The number of azide groups is 1. The second kappa shape index (κ2) is 3.76. The number of carbonyl (C=O) groups excluding carboxylic acids is 1. The van der Waals surface area contributed by atoms with Gasteiger partial charge in [-0.2, -0.15) is 0 Å². The fraction of sp³-hybridized carbons (Fsp3) is 0. The van der Waals surface area contributed by atoms with Crippen LogP contribution in [0.5, 0.6) is 0 Å². The fourth-order valence-electron chi connectivity index (χ4n) is 0.726. The highest BCUT2D eigenvalue weighted by Gasteiger charge is 1.97. The Morgan fingerprint density at radius 2 is 2.33 bits per heavy atom. The first-order chi connectivity index (χ1) is 5.77. The van der Waals surface area contributed by atoms with Crippen molar-refractivity contribution in [2.75, 3.05) is 0 Å². The van der Waals surface area contributed by atoms with Crippen LogP contribution in [0.25, 0.3) is 10.4 Å². The Morgan fingerprint density at radius 1 is 1.58 bits per heavy atom. The van der Waals surface area contributed by atoms with E-state index in [9.17, 15) is 4.79 Å². The van der Waals surface area contributed by atoms with Gasteiger partial charge in [-0.3, -0.25) is 4.79 Å². The molecule has 0 amide bonds. The summed E-state index contributed by atoms with van der Waals surface area (Å²) in [6.07, 6.45) is 0.672. The topological polar surface area (TPSA) is 65.8 Å². The normalized spacial score (nSPS) is 8.75. The van der Waals surface area contributed by atoms with Crippen molar-refractivity contribution in [3.63, 3.8) is 0 Å². The summed E-state index contributed by atoms with van der Waals surface area (Å²) >= 11 is 5.66. The summed E-state index contributed by atoms with van der Waals surface area (Å²) < 4.78 is 0. The van der Waals surface area contributed by atoms with Crippen molar-refractivity contribution in [1.29, 1.82) is 0 Å². The average Bonchev–Trinajstić information content (AvgIpc) is 2.09. The first kappa shape index (κ1) is 8.59. The minimum absolute atomic E-state index is 0.275. The van der Waals surface area contributed by atoms with Crippen LogP contribution < -0.4 is 0 Å². The molecule has 4 nitrogen and oxygen atoms in total. The van der Waals surface area contributed by atoms with Gasteiger partial charge < -0.3 is 0 Å². The standard InChI is InChI=1S/C7H4ClN3O/c8-6-3-5(4-12)1-2-7(6)10-11-9/h1-4H. The number of hydrogen-bond donors (Lipinski definition) is 0. The van der Waals surface area contributed by atoms with E-state index in [1.807, 2.05) is 0 Å². The summed E-state index contributed by atoms with van der Waals surface area (Å²) in [5.41, 5.74) is 8.88. The maximum absolute atomic E-state index is 10.3.